The first-order valence-electron chi connectivity index (χ1n) is 11.7. The van der Waals surface area contributed by atoms with Crippen LogP contribution in [0.15, 0.2) is 31.8 Å². The number of methoxy groups -OCH3 is 2. The molecule has 0 N–H and O–H groups in total. The number of rotatable bonds is 4. The maximum Gasteiger partial charge on any atom is 0.340 e. The maximum atomic E-state index is 13.3. The standard InChI is InChI=1S/C28H29NO6/c1-14-17(4)34-26-16(3)27-21(11-20(14)26)15(2)22(28(31)35-27)12-25(30)29-8-7-18-9-23(32-5)24(33-6)10-19(18)13-29/h9-11H,7-8,12-13H2,1-6H3. The summed E-state index contributed by atoms with van der Waals surface area (Å²) in [6.07, 6.45) is 0.705. The van der Waals surface area contributed by atoms with Gasteiger partial charge in [-0.2, -0.15) is 0 Å². The van der Waals surface area contributed by atoms with Gasteiger partial charge < -0.3 is 23.2 Å². The molecule has 2 aromatic heterocycles. The van der Waals surface area contributed by atoms with Crippen molar-refractivity contribution in [2.24, 2.45) is 0 Å². The zero-order valence-corrected chi connectivity index (χ0v) is 21.0. The van der Waals surface area contributed by atoms with Crippen LogP contribution in [0.4, 0.5) is 0 Å². The lowest BCUT2D eigenvalue weighted by atomic mass is 9.96. The summed E-state index contributed by atoms with van der Waals surface area (Å²) in [5, 5.41) is 1.83. The molecule has 7 heteroatoms. The van der Waals surface area contributed by atoms with E-state index in [1.807, 2.05) is 45.9 Å². The zero-order valence-electron chi connectivity index (χ0n) is 21.0. The summed E-state index contributed by atoms with van der Waals surface area (Å²) >= 11 is 0. The first-order chi connectivity index (χ1) is 16.7. The molecule has 182 valence electrons. The molecule has 0 spiro atoms. The van der Waals surface area contributed by atoms with Gasteiger partial charge in [0.15, 0.2) is 11.5 Å². The van der Waals surface area contributed by atoms with Gasteiger partial charge in [0.1, 0.15) is 16.9 Å². The highest BCUT2D eigenvalue weighted by molar-refractivity contribution is 6.00. The second-order valence-corrected chi connectivity index (χ2v) is 9.25. The van der Waals surface area contributed by atoms with Gasteiger partial charge in [0.25, 0.3) is 0 Å². The van der Waals surface area contributed by atoms with Crippen molar-refractivity contribution in [2.45, 2.75) is 47.1 Å². The Morgan fingerprint density at radius 3 is 2.20 bits per heavy atom. The fourth-order valence-corrected chi connectivity index (χ4v) is 5.06. The van der Waals surface area contributed by atoms with Crippen LogP contribution in [0.25, 0.3) is 21.9 Å². The molecule has 0 saturated heterocycles. The fraction of sp³-hybridized carbons (Fsp3) is 0.357. The molecule has 5 rings (SSSR count). The molecule has 1 amide bonds. The number of carbonyl (C=O) groups excluding carboxylic acids is 1. The van der Waals surface area contributed by atoms with Crippen molar-refractivity contribution >= 4 is 27.8 Å². The summed E-state index contributed by atoms with van der Waals surface area (Å²) < 4.78 is 22.5. The lowest BCUT2D eigenvalue weighted by Gasteiger charge is -2.30. The van der Waals surface area contributed by atoms with E-state index >= 15 is 0 Å². The molecule has 1 aliphatic rings. The maximum absolute atomic E-state index is 13.3. The van der Waals surface area contributed by atoms with Gasteiger partial charge in [-0.15, -0.1) is 0 Å². The predicted molar refractivity (Wildman–Crippen MR) is 134 cm³/mol. The Labute approximate surface area is 203 Å². The number of hydrogen-bond donors (Lipinski definition) is 0. The Bertz CT molecular complexity index is 1560. The molecule has 0 aliphatic carbocycles. The molecule has 0 unspecified atom stereocenters. The fourth-order valence-electron chi connectivity index (χ4n) is 5.06. The van der Waals surface area contributed by atoms with Gasteiger partial charge >= 0.3 is 5.63 Å². The molecule has 0 atom stereocenters. The lowest BCUT2D eigenvalue weighted by Crippen LogP contribution is -2.37. The molecule has 0 saturated carbocycles. The Morgan fingerprint density at radius 2 is 1.51 bits per heavy atom. The third-order valence-corrected chi connectivity index (χ3v) is 7.34. The monoisotopic (exact) mass is 475 g/mol. The normalized spacial score (nSPS) is 13.4. The number of carbonyl (C=O) groups is 1. The quantitative estimate of drug-likeness (QED) is 0.390. The zero-order chi connectivity index (χ0) is 25.0. The Morgan fingerprint density at radius 1 is 0.886 bits per heavy atom. The molecule has 35 heavy (non-hydrogen) atoms. The highest BCUT2D eigenvalue weighted by Gasteiger charge is 2.26. The molecule has 4 aromatic rings. The largest absolute Gasteiger partial charge is 0.493 e. The summed E-state index contributed by atoms with van der Waals surface area (Å²) in [5.41, 5.74) is 5.96. The van der Waals surface area contributed by atoms with Gasteiger partial charge in [0.05, 0.1) is 26.2 Å². The topological polar surface area (TPSA) is 82.1 Å². The van der Waals surface area contributed by atoms with Crippen molar-refractivity contribution in [3.63, 3.8) is 0 Å². The summed E-state index contributed by atoms with van der Waals surface area (Å²) in [5.74, 6) is 2.06. The van der Waals surface area contributed by atoms with E-state index in [4.69, 9.17) is 18.3 Å². The lowest BCUT2D eigenvalue weighted by molar-refractivity contribution is -0.131. The summed E-state index contributed by atoms with van der Waals surface area (Å²) in [6.45, 7) is 8.76. The Hall–Kier alpha value is -3.74. The Balaban J connectivity index is 1.49. The second kappa shape index (κ2) is 8.48. The Kier molecular flexibility index (Phi) is 5.58. The van der Waals surface area contributed by atoms with E-state index in [2.05, 4.69) is 0 Å². The highest BCUT2D eigenvalue weighted by atomic mass is 16.5. The van der Waals surface area contributed by atoms with E-state index in [1.54, 1.807) is 19.1 Å². The molecule has 7 nitrogen and oxygen atoms in total. The minimum Gasteiger partial charge on any atom is -0.493 e. The van der Waals surface area contributed by atoms with Crippen LogP contribution in [0, 0.1) is 27.7 Å². The number of aryl methyl sites for hydroxylation is 4. The summed E-state index contributed by atoms with van der Waals surface area (Å²) in [4.78, 5) is 28.1. The molecule has 1 aliphatic heterocycles. The van der Waals surface area contributed by atoms with E-state index in [-0.39, 0.29) is 12.3 Å². The second-order valence-electron chi connectivity index (χ2n) is 9.25. The van der Waals surface area contributed by atoms with E-state index in [0.29, 0.717) is 42.2 Å². The van der Waals surface area contributed by atoms with Crippen molar-refractivity contribution in [2.75, 3.05) is 20.8 Å². The first kappa shape index (κ1) is 23.0. The minimum absolute atomic E-state index is 0.00673. The minimum atomic E-state index is -0.477. The van der Waals surface area contributed by atoms with E-state index in [9.17, 15) is 9.59 Å². The molecule has 0 bridgehead atoms. The van der Waals surface area contributed by atoms with Crippen LogP contribution in [0.5, 0.6) is 11.5 Å². The van der Waals surface area contributed by atoms with Crippen LogP contribution in [0.3, 0.4) is 0 Å². The summed E-state index contributed by atoms with van der Waals surface area (Å²) in [7, 11) is 3.21. The predicted octanol–water partition coefficient (Wildman–Crippen LogP) is 4.92. The van der Waals surface area contributed by atoms with Crippen molar-refractivity contribution in [3.8, 4) is 11.5 Å². The van der Waals surface area contributed by atoms with Gasteiger partial charge in [0.2, 0.25) is 5.91 Å². The van der Waals surface area contributed by atoms with Crippen LogP contribution < -0.4 is 15.1 Å². The molecular weight excluding hydrogens is 446 g/mol. The average molecular weight is 476 g/mol. The number of fused-ring (bicyclic) bond motifs is 3. The number of amides is 1. The van der Waals surface area contributed by atoms with E-state index in [0.717, 1.165) is 49.9 Å². The number of furan rings is 1. The van der Waals surface area contributed by atoms with E-state index < -0.39 is 5.63 Å². The van der Waals surface area contributed by atoms with Crippen molar-refractivity contribution in [1.82, 2.24) is 4.90 Å². The van der Waals surface area contributed by atoms with Gasteiger partial charge in [-0.3, -0.25) is 4.79 Å². The van der Waals surface area contributed by atoms with Gasteiger partial charge in [-0.25, -0.2) is 4.79 Å². The smallest absolute Gasteiger partial charge is 0.340 e. The number of benzene rings is 2. The third kappa shape index (κ3) is 3.66. The number of hydrogen-bond acceptors (Lipinski definition) is 6. The summed E-state index contributed by atoms with van der Waals surface area (Å²) in [6, 6.07) is 5.90. The molecule has 0 radical (unpaired) electrons. The van der Waals surface area contributed by atoms with Crippen LogP contribution in [0.1, 0.15) is 39.1 Å². The van der Waals surface area contributed by atoms with Gasteiger partial charge in [-0.05, 0) is 74.6 Å². The van der Waals surface area contributed by atoms with Gasteiger partial charge in [0, 0.05) is 29.4 Å². The molecule has 3 heterocycles. The number of nitrogens with zero attached hydrogens (tertiary/aromatic N) is 1. The number of ether oxygens (including phenoxy) is 2. The van der Waals surface area contributed by atoms with Crippen molar-refractivity contribution in [1.29, 1.82) is 0 Å². The van der Waals surface area contributed by atoms with Crippen molar-refractivity contribution < 1.29 is 23.1 Å². The van der Waals surface area contributed by atoms with Gasteiger partial charge in [-0.1, -0.05) is 0 Å². The average Bonchev–Trinajstić information content (AvgIpc) is 3.14. The van der Waals surface area contributed by atoms with E-state index in [1.165, 1.54) is 0 Å². The van der Waals surface area contributed by atoms with Crippen LogP contribution in [0.2, 0.25) is 0 Å². The first-order valence-corrected chi connectivity index (χ1v) is 11.7. The molecular formula is C28H29NO6. The van der Waals surface area contributed by atoms with Crippen molar-refractivity contribution in [3.05, 3.63) is 67.8 Å². The SMILES string of the molecule is COc1cc2c(cc1OC)CN(C(=O)Cc1c(C)c3cc4c(C)c(C)oc4c(C)c3oc1=O)CC2. The van der Waals surface area contributed by atoms with Crippen LogP contribution >= 0.6 is 0 Å². The third-order valence-electron chi connectivity index (χ3n) is 7.34. The molecule has 2 aromatic carbocycles. The highest BCUT2D eigenvalue weighted by Crippen LogP contribution is 2.35. The molecule has 0 fully saturated rings. The van der Waals surface area contributed by atoms with Crippen LogP contribution in [-0.4, -0.2) is 31.6 Å². The van der Waals surface area contributed by atoms with Crippen LogP contribution in [-0.2, 0) is 24.2 Å².